The highest BCUT2D eigenvalue weighted by Crippen LogP contribution is 2.46. The highest BCUT2D eigenvalue weighted by atomic mass is 16.6. The Labute approximate surface area is 134 Å². The molecule has 3 aliphatic rings. The standard InChI is InChI=1S/C18H18O5/c1-21-15-9-14-17(11-7-16(20)23-18(11)15)12(19)8-13(22-14)10-5-3-2-4-6-10/h2-6,11,13,15,18H,7-9H2,1H3/t11-,13-,15+,18-/m1/s1. The van der Waals surface area contributed by atoms with Crippen LogP contribution >= 0.6 is 0 Å². The van der Waals surface area contributed by atoms with Crippen LogP contribution in [0.15, 0.2) is 41.7 Å². The number of rotatable bonds is 2. The molecule has 2 heterocycles. The lowest BCUT2D eigenvalue weighted by Crippen LogP contribution is -2.42. The average molecular weight is 314 g/mol. The van der Waals surface area contributed by atoms with Crippen LogP contribution in [0.5, 0.6) is 0 Å². The van der Waals surface area contributed by atoms with Crippen LogP contribution in [-0.2, 0) is 23.8 Å². The summed E-state index contributed by atoms with van der Waals surface area (Å²) >= 11 is 0. The van der Waals surface area contributed by atoms with Crippen molar-refractivity contribution in [2.45, 2.75) is 37.6 Å². The number of methoxy groups -OCH3 is 1. The molecule has 0 aromatic heterocycles. The van der Waals surface area contributed by atoms with E-state index in [2.05, 4.69) is 0 Å². The number of fused-ring (bicyclic) bond motifs is 2. The first-order valence-corrected chi connectivity index (χ1v) is 7.87. The highest BCUT2D eigenvalue weighted by Gasteiger charge is 2.51. The molecule has 0 spiro atoms. The van der Waals surface area contributed by atoms with E-state index < -0.39 is 0 Å². The Kier molecular flexibility index (Phi) is 3.45. The second kappa shape index (κ2) is 5.49. The van der Waals surface area contributed by atoms with Crippen molar-refractivity contribution in [3.8, 4) is 0 Å². The molecular formula is C18H18O5. The van der Waals surface area contributed by atoms with E-state index in [4.69, 9.17) is 14.2 Å². The van der Waals surface area contributed by atoms with Gasteiger partial charge in [-0.25, -0.2) is 0 Å². The quantitative estimate of drug-likeness (QED) is 0.784. The van der Waals surface area contributed by atoms with Crippen LogP contribution in [-0.4, -0.2) is 31.1 Å². The van der Waals surface area contributed by atoms with Gasteiger partial charge in [-0.15, -0.1) is 0 Å². The van der Waals surface area contributed by atoms with E-state index in [9.17, 15) is 9.59 Å². The van der Waals surface area contributed by atoms with Gasteiger partial charge in [0.2, 0.25) is 0 Å². The Bertz CT molecular complexity index is 678. The number of esters is 1. The van der Waals surface area contributed by atoms with Crippen molar-refractivity contribution in [2.24, 2.45) is 5.92 Å². The fraction of sp³-hybridized carbons (Fsp3) is 0.444. The number of ether oxygens (including phenoxy) is 3. The lowest BCUT2D eigenvalue weighted by Gasteiger charge is -2.38. The number of benzene rings is 1. The number of ketones is 1. The van der Waals surface area contributed by atoms with E-state index in [0.29, 0.717) is 24.2 Å². The predicted molar refractivity (Wildman–Crippen MR) is 80.3 cm³/mol. The van der Waals surface area contributed by atoms with Crippen molar-refractivity contribution in [1.29, 1.82) is 0 Å². The van der Waals surface area contributed by atoms with Crippen molar-refractivity contribution in [3.05, 3.63) is 47.2 Å². The van der Waals surface area contributed by atoms with E-state index >= 15 is 0 Å². The first kappa shape index (κ1) is 14.5. The van der Waals surface area contributed by atoms with Crippen molar-refractivity contribution >= 4 is 11.8 Å². The maximum absolute atomic E-state index is 12.7. The van der Waals surface area contributed by atoms with Crippen LogP contribution in [0.1, 0.15) is 30.9 Å². The smallest absolute Gasteiger partial charge is 0.306 e. The lowest BCUT2D eigenvalue weighted by molar-refractivity contribution is -0.148. The third-order valence-electron chi connectivity index (χ3n) is 4.90. The average Bonchev–Trinajstić information content (AvgIpc) is 2.95. The fourth-order valence-corrected chi connectivity index (χ4v) is 3.83. The van der Waals surface area contributed by atoms with Crippen LogP contribution in [0.4, 0.5) is 0 Å². The number of hydrogen-bond acceptors (Lipinski definition) is 5. The molecule has 1 aromatic rings. The number of hydrogen-bond donors (Lipinski definition) is 0. The lowest BCUT2D eigenvalue weighted by atomic mass is 9.77. The summed E-state index contributed by atoms with van der Waals surface area (Å²) in [6.07, 6.45) is 0.107. The Morgan fingerprint density at radius 3 is 2.57 bits per heavy atom. The molecule has 0 bridgehead atoms. The molecule has 4 rings (SSSR count). The maximum atomic E-state index is 12.7. The monoisotopic (exact) mass is 314 g/mol. The summed E-state index contributed by atoms with van der Waals surface area (Å²) in [5.74, 6) is 0.221. The fourth-order valence-electron chi connectivity index (χ4n) is 3.83. The summed E-state index contributed by atoms with van der Waals surface area (Å²) in [6, 6.07) is 9.74. The van der Waals surface area contributed by atoms with E-state index in [0.717, 1.165) is 5.56 Å². The molecule has 5 heteroatoms. The number of carbonyl (C=O) groups is 2. The molecule has 23 heavy (non-hydrogen) atoms. The predicted octanol–water partition coefficient (Wildman–Crippen LogP) is 2.32. The molecule has 5 nitrogen and oxygen atoms in total. The molecule has 0 saturated carbocycles. The molecule has 1 saturated heterocycles. The summed E-state index contributed by atoms with van der Waals surface area (Å²) in [4.78, 5) is 24.4. The third-order valence-corrected chi connectivity index (χ3v) is 4.90. The topological polar surface area (TPSA) is 61.8 Å². The van der Waals surface area contributed by atoms with Gasteiger partial charge in [-0.3, -0.25) is 9.59 Å². The van der Waals surface area contributed by atoms with Gasteiger partial charge in [0.1, 0.15) is 24.1 Å². The van der Waals surface area contributed by atoms with Crippen LogP contribution in [0.25, 0.3) is 0 Å². The minimum absolute atomic E-state index is 0.0583. The summed E-state index contributed by atoms with van der Waals surface area (Å²) in [5.41, 5.74) is 1.63. The summed E-state index contributed by atoms with van der Waals surface area (Å²) < 4.78 is 17.0. The minimum Gasteiger partial charge on any atom is -0.489 e. The van der Waals surface area contributed by atoms with Crippen LogP contribution in [0, 0.1) is 5.92 Å². The van der Waals surface area contributed by atoms with Gasteiger partial charge in [-0.2, -0.15) is 0 Å². The summed E-state index contributed by atoms with van der Waals surface area (Å²) in [6.45, 7) is 0. The maximum Gasteiger partial charge on any atom is 0.306 e. The van der Waals surface area contributed by atoms with Gasteiger partial charge in [0.25, 0.3) is 0 Å². The zero-order valence-electron chi connectivity index (χ0n) is 12.9. The van der Waals surface area contributed by atoms with Crippen molar-refractivity contribution in [1.82, 2.24) is 0 Å². The second-order valence-electron chi connectivity index (χ2n) is 6.22. The van der Waals surface area contributed by atoms with Crippen molar-refractivity contribution < 1.29 is 23.8 Å². The zero-order valence-corrected chi connectivity index (χ0v) is 12.9. The molecule has 4 atom stereocenters. The Hall–Kier alpha value is -2.14. The van der Waals surface area contributed by atoms with E-state index in [1.807, 2.05) is 30.3 Å². The molecule has 1 fully saturated rings. The van der Waals surface area contributed by atoms with Gasteiger partial charge in [-0.05, 0) is 5.56 Å². The molecule has 0 radical (unpaired) electrons. The number of Topliss-reactive ketones (excluding diaryl/α,β-unsaturated/α-hetero) is 1. The molecule has 0 N–H and O–H groups in total. The Morgan fingerprint density at radius 2 is 1.83 bits per heavy atom. The summed E-state index contributed by atoms with van der Waals surface area (Å²) in [7, 11) is 1.60. The van der Waals surface area contributed by atoms with Crippen molar-refractivity contribution in [2.75, 3.05) is 7.11 Å². The van der Waals surface area contributed by atoms with Gasteiger partial charge in [0.05, 0.1) is 12.8 Å². The normalized spacial score (nSPS) is 32.9. The molecule has 1 aromatic carbocycles. The Morgan fingerprint density at radius 1 is 1.04 bits per heavy atom. The molecule has 120 valence electrons. The van der Waals surface area contributed by atoms with Gasteiger partial charge in [0, 0.05) is 25.0 Å². The SMILES string of the molecule is CO[C@H]1CC2=C(C(=O)C[C@H](c3ccccc3)O2)[C@H]2CC(=O)O[C@@H]12. The molecule has 0 unspecified atom stereocenters. The Balaban J connectivity index is 1.69. The largest absolute Gasteiger partial charge is 0.489 e. The van der Waals surface area contributed by atoms with Gasteiger partial charge in [0.15, 0.2) is 5.78 Å². The summed E-state index contributed by atoms with van der Waals surface area (Å²) in [5, 5.41) is 0. The first-order chi connectivity index (χ1) is 11.2. The van der Waals surface area contributed by atoms with Crippen molar-refractivity contribution in [3.63, 3.8) is 0 Å². The minimum atomic E-state index is -0.368. The number of carbonyl (C=O) groups excluding carboxylic acids is 2. The van der Waals surface area contributed by atoms with E-state index in [1.165, 1.54) is 0 Å². The first-order valence-electron chi connectivity index (χ1n) is 7.87. The van der Waals surface area contributed by atoms with Crippen LogP contribution < -0.4 is 0 Å². The molecule has 1 aliphatic carbocycles. The molecule has 2 aliphatic heterocycles. The van der Waals surface area contributed by atoms with E-state index in [1.54, 1.807) is 7.11 Å². The van der Waals surface area contributed by atoms with E-state index in [-0.39, 0.29) is 42.4 Å². The van der Waals surface area contributed by atoms with Gasteiger partial charge < -0.3 is 14.2 Å². The van der Waals surface area contributed by atoms with Gasteiger partial charge >= 0.3 is 5.97 Å². The highest BCUT2D eigenvalue weighted by molar-refractivity contribution is 5.98. The zero-order chi connectivity index (χ0) is 16.0. The van der Waals surface area contributed by atoms with Crippen LogP contribution in [0.3, 0.4) is 0 Å². The van der Waals surface area contributed by atoms with Crippen LogP contribution in [0.2, 0.25) is 0 Å². The third kappa shape index (κ3) is 2.36. The van der Waals surface area contributed by atoms with Gasteiger partial charge in [-0.1, -0.05) is 30.3 Å². The molecular weight excluding hydrogens is 296 g/mol. The second-order valence-corrected chi connectivity index (χ2v) is 6.22. The molecule has 0 amide bonds.